The summed E-state index contributed by atoms with van der Waals surface area (Å²) in [5.74, 6) is 0.166. The highest BCUT2D eigenvalue weighted by Crippen LogP contribution is 2.18. The maximum atomic E-state index is 10.3. The summed E-state index contributed by atoms with van der Waals surface area (Å²) >= 11 is 0. The third-order valence-corrected chi connectivity index (χ3v) is 2.13. The van der Waals surface area contributed by atoms with Gasteiger partial charge in [0, 0.05) is 6.42 Å². The fourth-order valence-electron chi connectivity index (χ4n) is 1.04. The minimum atomic E-state index is -2.99. The number of benzene rings is 1. The lowest BCUT2D eigenvalue weighted by Crippen LogP contribution is -2.23. The monoisotopic (exact) mass is 217 g/mol. The van der Waals surface area contributed by atoms with Crippen molar-refractivity contribution in [1.82, 2.24) is 0 Å². The zero-order chi connectivity index (χ0) is 10.6. The van der Waals surface area contributed by atoms with Crippen molar-refractivity contribution in [3.63, 3.8) is 0 Å². The molecule has 1 aromatic carbocycles. The summed E-state index contributed by atoms with van der Waals surface area (Å²) in [6.45, 7) is 0. The molecule has 0 aliphatic heterocycles. The van der Waals surface area contributed by atoms with Crippen molar-refractivity contribution in [2.75, 3.05) is 0 Å². The Morgan fingerprint density at radius 1 is 1.43 bits per heavy atom. The molecule has 78 valence electrons. The van der Waals surface area contributed by atoms with Gasteiger partial charge in [-0.15, -0.1) is 0 Å². The van der Waals surface area contributed by atoms with Crippen LogP contribution in [0, 0.1) is 0 Å². The molecule has 0 spiro atoms. The fraction of sp³-hybridized carbons (Fsp3) is 0.250. The van der Waals surface area contributed by atoms with Crippen molar-refractivity contribution in [2.24, 2.45) is 5.73 Å². The smallest absolute Gasteiger partial charge is 0.318 e. The molecular weight excluding hydrogens is 205 g/mol. The standard InChI is InChI=1S/C8H12NO4P/c9-8(13-14(11)12)5-6-1-3-7(10)4-2-6/h1-4,8,10,14H,5,9H2,(H,11,12)/t8-/m1/s1. The zero-order valence-corrected chi connectivity index (χ0v) is 8.38. The Morgan fingerprint density at radius 3 is 2.50 bits per heavy atom. The third-order valence-electron chi connectivity index (χ3n) is 1.63. The van der Waals surface area contributed by atoms with Gasteiger partial charge in [-0.25, -0.2) is 0 Å². The van der Waals surface area contributed by atoms with Crippen LogP contribution >= 0.6 is 8.25 Å². The van der Waals surface area contributed by atoms with Crippen LogP contribution in [0.5, 0.6) is 5.75 Å². The summed E-state index contributed by atoms with van der Waals surface area (Å²) in [4.78, 5) is 8.45. The lowest BCUT2D eigenvalue weighted by atomic mass is 10.1. The molecule has 0 fully saturated rings. The first kappa shape index (κ1) is 11.2. The molecule has 5 nitrogen and oxygen atoms in total. The summed E-state index contributed by atoms with van der Waals surface area (Å²) in [7, 11) is -2.99. The number of phenols is 1. The molecule has 4 N–H and O–H groups in total. The maximum Gasteiger partial charge on any atom is 0.318 e. The van der Waals surface area contributed by atoms with Gasteiger partial charge in [0.1, 0.15) is 12.0 Å². The van der Waals surface area contributed by atoms with E-state index in [2.05, 4.69) is 4.52 Å². The quantitative estimate of drug-likeness (QED) is 0.507. The molecule has 0 saturated carbocycles. The van der Waals surface area contributed by atoms with Crippen LogP contribution in [-0.2, 0) is 15.5 Å². The summed E-state index contributed by atoms with van der Waals surface area (Å²) < 4.78 is 14.8. The topological polar surface area (TPSA) is 92.8 Å². The molecule has 0 aliphatic rings. The molecule has 0 radical (unpaired) electrons. The number of hydrogen-bond acceptors (Lipinski definition) is 4. The summed E-state index contributed by atoms with van der Waals surface area (Å²) in [5.41, 5.74) is 6.26. The van der Waals surface area contributed by atoms with Gasteiger partial charge < -0.3 is 15.7 Å². The Labute approximate surface area is 82.1 Å². The second kappa shape index (κ2) is 5.12. The third kappa shape index (κ3) is 3.89. The lowest BCUT2D eigenvalue weighted by Gasteiger charge is -2.09. The maximum absolute atomic E-state index is 10.3. The van der Waals surface area contributed by atoms with Gasteiger partial charge in [-0.05, 0) is 17.7 Å². The van der Waals surface area contributed by atoms with E-state index in [-0.39, 0.29) is 5.75 Å². The van der Waals surface area contributed by atoms with Crippen molar-refractivity contribution in [2.45, 2.75) is 12.6 Å². The Bertz CT molecular complexity index is 314. The van der Waals surface area contributed by atoms with Gasteiger partial charge in [-0.2, -0.15) is 0 Å². The molecule has 6 heteroatoms. The Balaban J connectivity index is 2.51. The zero-order valence-electron chi connectivity index (χ0n) is 7.38. The van der Waals surface area contributed by atoms with Crippen LogP contribution in [0.1, 0.15) is 5.56 Å². The minimum absolute atomic E-state index is 0.166. The van der Waals surface area contributed by atoms with Gasteiger partial charge in [-0.3, -0.25) is 9.09 Å². The SMILES string of the molecule is N[C@@H](Cc1ccc(O)cc1)O[PH](=O)O. The Morgan fingerprint density at radius 2 is 2.00 bits per heavy atom. The van der Waals surface area contributed by atoms with Crippen LogP contribution in [0.3, 0.4) is 0 Å². The first-order valence-electron chi connectivity index (χ1n) is 4.01. The van der Waals surface area contributed by atoms with Crippen molar-refractivity contribution < 1.29 is 19.1 Å². The molecule has 0 heterocycles. The molecule has 1 unspecified atom stereocenters. The van der Waals surface area contributed by atoms with E-state index >= 15 is 0 Å². The highest BCUT2D eigenvalue weighted by atomic mass is 31.1. The number of rotatable bonds is 4. The first-order valence-corrected chi connectivity index (χ1v) is 5.27. The van der Waals surface area contributed by atoms with Crippen LogP contribution < -0.4 is 5.73 Å². The second-order valence-electron chi connectivity index (χ2n) is 2.79. The molecular formula is C8H12NO4P. The Kier molecular flexibility index (Phi) is 4.10. The van der Waals surface area contributed by atoms with Gasteiger partial charge in [0.2, 0.25) is 0 Å². The van der Waals surface area contributed by atoms with Crippen molar-refractivity contribution in [1.29, 1.82) is 0 Å². The van der Waals surface area contributed by atoms with E-state index < -0.39 is 14.5 Å². The number of nitrogens with two attached hydrogens (primary N) is 1. The molecule has 0 saturated heterocycles. The van der Waals surface area contributed by atoms with E-state index in [1.54, 1.807) is 12.1 Å². The van der Waals surface area contributed by atoms with Crippen molar-refractivity contribution in [3.05, 3.63) is 29.8 Å². The van der Waals surface area contributed by atoms with Crippen LogP contribution in [0.2, 0.25) is 0 Å². The molecule has 1 aromatic rings. The summed E-state index contributed by atoms with van der Waals surface area (Å²) in [6, 6.07) is 6.38. The molecule has 0 aliphatic carbocycles. The number of phenolic OH excluding ortho intramolecular Hbond substituents is 1. The van der Waals surface area contributed by atoms with Crippen LogP contribution in [0.15, 0.2) is 24.3 Å². The predicted octanol–water partition coefficient (Wildman–Crippen LogP) is 0.618. The van der Waals surface area contributed by atoms with E-state index in [1.165, 1.54) is 12.1 Å². The molecule has 14 heavy (non-hydrogen) atoms. The average molecular weight is 217 g/mol. The van der Waals surface area contributed by atoms with Gasteiger partial charge in [0.15, 0.2) is 0 Å². The minimum Gasteiger partial charge on any atom is -0.508 e. The largest absolute Gasteiger partial charge is 0.508 e. The number of hydrogen-bond donors (Lipinski definition) is 3. The van der Waals surface area contributed by atoms with E-state index in [4.69, 9.17) is 15.7 Å². The predicted molar refractivity (Wildman–Crippen MR) is 52.1 cm³/mol. The van der Waals surface area contributed by atoms with Crippen LogP contribution in [-0.4, -0.2) is 16.2 Å². The van der Waals surface area contributed by atoms with Crippen LogP contribution in [0.4, 0.5) is 0 Å². The molecule has 1 rings (SSSR count). The van der Waals surface area contributed by atoms with Crippen LogP contribution in [0.25, 0.3) is 0 Å². The average Bonchev–Trinajstić information content (AvgIpc) is 2.07. The van der Waals surface area contributed by atoms with Gasteiger partial charge in [-0.1, -0.05) is 12.1 Å². The Hall–Kier alpha value is -0.870. The lowest BCUT2D eigenvalue weighted by molar-refractivity contribution is 0.195. The normalized spacial score (nSPS) is 15.0. The summed E-state index contributed by atoms with van der Waals surface area (Å²) in [5, 5.41) is 8.99. The number of aromatic hydroxyl groups is 1. The van der Waals surface area contributed by atoms with Gasteiger partial charge in [0.05, 0.1) is 0 Å². The van der Waals surface area contributed by atoms with E-state index in [1.807, 2.05) is 0 Å². The molecule has 0 aromatic heterocycles. The first-order chi connectivity index (χ1) is 6.58. The van der Waals surface area contributed by atoms with E-state index in [9.17, 15) is 4.57 Å². The highest BCUT2D eigenvalue weighted by Gasteiger charge is 2.06. The molecule has 0 amide bonds. The van der Waals surface area contributed by atoms with E-state index in [0.717, 1.165) is 5.56 Å². The molecule has 0 bridgehead atoms. The summed E-state index contributed by atoms with van der Waals surface area (Å²) in [6.07, 6.45) is -0.465. The van der Waals surface area contributed by atoms with Crippen molar-refractivity contribution >= 4 is 8.25 Å². The fourth-order valence-corrected chi connectivity index (χ4v) is 1.38. The highest BCUT2D eigenvalue weighted by molar-refractivity contribution is 7.32. The van der Waals surface area contributed by atoms with Gasteiger partial charge in [0.25, 0.3) is 0 Å². The van der Waals surface area contributed by atoms with E-state index in [0.29, 0.717) is 6.42 Å². The van der Waals surface area contributed by atoms with Crippen molar-refractivity contribution in [3.8, 4) is 5.75 Å². The second-order valence-corrected chi connectivity index (χ2v) is 3.56. The van der Waals surface area contributed by atoms with Gasteiger partial charge >= 0.3 is 8.25 Å². The molecule has 2 atom stereocenters.